The van der Waals surface area contributed by atoms with Gasteiger partial charge in [-0.1, -0.05) is 29.8 Å². The van der Waals surface area contributed by atoms with E-state index in [1.54, 1.807) is 6.07 Å². The number of hydrogen-bond acceptors (Lipinski definition) is 2. The highest BCUT2D eigenvalue weighted by Crippen LogP contribution is 2.32. The SMILES string of the molecule is Nc1cccc2ccc(Cl)c(N)c12. The molecule has 0 saturated heterocycles. The van der Waals surface area contributed by atoms with Crippen LogP contribution in [0.15, 0.2) is 30.3 Å². The molecule has 0 heterocycles. The zero-order chi connectivity index (χ0) is 9.42. The Labute approximate surface area is 81.1 Å². The van der Waals surface area contributed by atoms with Gasteiger partial charge in [0, 0.05) is 11.1 Å². The summed E-state index contributed by atoms with van der Waals surface area (Å²) in [5, 5.41) is 2.40. The zero-order valence-corrected chi connectivity index (χ0v) is 7.68. The third-order valence-corrected chi connectivity index (χ3v) is 2.39. The minimum atomic E-state index is 0.547. The van der Waals surface area contributed by atoms with Crippen LogP contribution in [0.5, 0.6) is 0 Å². The average Bonchev–Trinajstić information content (AvgIpc) is 2.12. The van der Waals surface area contributed by atoms with E-state index in [0.29, 0.717) is 16.4 Å². The largest absolute Gasteiger partial charge is 0.398 e. The number of anilines is 2. The van der Waals surface area contributed by atoms with Crippen LogP contribution in [0.2, 0.25) is 5.02 Å². The molecule has 0 saturated carbocycles. The molecule has 0 fully saturated rings. The Morgan fingerprint density at radius 3 is 2.54 bits per heavy atom. The number of rotatable bonds is 0. The van der Waals surface area contributed by atoms with Gasteiger partial charge in [-0.25, -0.2) is 0 Å². The Morgan fingerprint density at radius 2 is 1.77 bits per heavy atom. The fourth-order valence-corrected chi connectivity index (χ4v) is 1.57. The summed E-state index contributed by atoms with van der Waals surface area (Å²) in [6.45, 7) is 0. The van der Waals surface area contributed by atoms with Crippen LogP contribution < -0.4 is 11.5 Å². The van der Waals surface area contributed by atoms with E-state index in [1.807, 2.05) is 24.3 Å². The van der Waals surface area contributed by atoms with Crippen molar-refractivity contribution in [3.8, 4) is 0 Å². The van der Waals surface area contributed by atoms with Crippen molar-refractivity contribution in [2.75, 3.05) is 11.5 Å². The second kappa shape index (κ2) is 2.82. The highest BCUT2D eigenvalue weighted by molar-refractivity contribution is 6.35. The third-order valence-electron chi connectivity index (χ3n) is 2.06. The second-order valence-corrected chi connectivity index (χ2v) is 3.31. The molecule has 0 aromatic heterocycles. The van der Waals surface area contributed by atoms with Gasteiger partial charge in [0.2, 0.25) is 0 Å². The first-order valence-corrected chi connectivity index (χ1v) is 4.30. The first-order chi connectivity index (χ1) is 6.20. The van der Waals surface area contributed by atoms with Gasteiger partial charge in [-0.05, 0) is 17.5 Å². The van der Waals surface area contributed by atoms with Gasteiger partial charge in [-0.2, -0.15) is 0 Å². The van der Waals surface area contributed by atoms with Crippen LogP contribution in [0.25, 0.3) is 10.8 Å². The highest BCUT2D eigenvalue weighted by atomic mass is 35.5. The average molecular weight is 193 g/mol. The summed E-state index contributed by atoms with van der Waals surface area (Å²) in [6.07, 6.45) is 0. The number of hydrogen-bond donors (Lipinski definition) is 2. The summed E-state index contributed by atoms with van der Waals surface area (Å²) in [5.74, 6) is 0. The van der Waals surface area contributed by atoms with Crippen LogP contribution in [-0.4, -0.2) is 0 Å². The van der Waals surface area contributed by atoms with Gasteiger partial charge in [0.05, 0.1) is 10.7 Å². The van der Waals surface area contributed by atoms with Crippen molar-refractivity contribution in [1.29, 1.82) is 0 Å². The summed E-state index contributed by atoms with van der Waals surface area (Å²) < 4.78 is 0. The van der Waals surface area contributed by atoms with Crippen molar-refractivity contribution in [2.45, 2.75) is 0 Å². The van der Waals surface area contributed by atoms with Crippen molar-refractivity contribution in [1.82, 2.24) is 0 Å². The van der Waals surface area contributed by atoms with E-state index in [1.165, 1.54) is 0 Å². The molecule has 0 bridgehead atoms. The highest BCUT2D eigenvalue weighted by Gasteiger charge is 2.04. The third kappa shape index (κ3) is 1.19. The first-order valence-electron chi connectivity index (χ1n) is 3.92. The topological polar surface area (TPSA) is 52.0 Å². The minimum absolute atomic E-state index is 0.547. The Morgan fingerprint density at radius 1 is 1.00 bits per heavy atom. The predicted octanol–water partition coefficient (Wildman–Crippen LogP) is 2.66. The number of benzene rings is 2. The van der Waals surface area contributed by atoms with Crippen LogP contribution in [0.3, 0.4) is 0 Å². The molecular formula is C10H9ClN2. The molecule has 3 heteroatoms. The Hall–Kier alpha value is -1.41. The molecule has 4 N–H and O–H groups in total. The summed E-state index contributed by atoms with van der Waals surface area (Å²) in [6, 6.07) is 9.35. The summed E-state index contributed by atoms with van der Waals surface area (Å²) in [7, 11) is 0. The van der Waals surface area contributed by atoms with E-state index in [0.717, 1.165) is 10.8 Å². The number of halogens is 1. The standard InChI is InChI=1S/C10H9ClN2/c11-7-5-4-6-2-1-3-8(12)9(6)10(7)13/h1-5H,12-13H2. The molecule has 0 radical (unpaired) electrons. The summed E-state index contributed by atoms with van der Waals surface area (Å²) in [4.78, 5) is 0. The van der Waals surface area contributed by atoms with Gasteiger partial charge in [-0.15, -0.1) is 0 Å². The molecular weight excluding hydrogens is 184 g/mol. The smallest absolute Gasteiger partial charge is 0.0642 e. The van der Waals surface area contributed by atoms with E-state index in [-0.39, 0.29) is 0 Å². The lowest BCUT2D eigenvalue weighted by molar-refractivity contribution is 1.71. The lowest BCUT2D eigenvalue weighted by atomic mass is 10.1. The number of fused-ring (bicyclic) bond motifs is 1. The fraction of sp³-hybridized carbons (Fsp3) is 0. The van der Waals surface area contributed by atoms with Crippen LogP contribution >= 0.6 is 11.6 Å². The normalized spacial score (nSPS) is 10.5. The van der Waals surface area contributed by atoms with Gasteiger partial charge in [0.1, 0.15) is 0 Å². The van der Waals surface area contributed by atoms with Gasteiger partial charge in [-0.3, -0.25) is 0 Å². The maximum absolute atomic E-state index is 5.88. The van der Waals surface area contributed by atoms with Gasteiger partial charge < -0.3 is 11.5 Å². The maximum Gasteiger partial charge on any atom is 0.0642 e. The molecule has 2 aromatic rings. The molecule has 0 spiro atoms. The minimum Gasteiger partial charge on any atom is -0.398 e. The van der Waals surface area contributed by atoms with E-state index in [4.69, 9.17) is 23.1 Å². The molecule has 2 rings (SSSR count). The summed E-state index contributed by atoms with van der Waals surface area (Å²) in [5.41, 5.74) is 12.8. The monoisotopic (exact) mass is 192 g/mol. The van der Waals surface area contributed by atoms with Crippen LogP contribution in [0.4, 0.5) is 11.4 Å². The van der Waals surface area contributed by atoms with Gasteiger partial charge >= 0.3 is 0 Å². The molecule has 0 aliphatic rings. The molecule has 2 aromatic carbocycles. The Balaban J connectivity index is 2.97. The van der Waals surface area contributed by atoms with Crippen LogP contribution in [-0.2, 0) is 0 Å². The van der Waals surface area contributed by atoms with E-state index in [2.05, 4.69) is 0 Å². The molecule has 13 heavy (non-hydrogen) atoms. The molecule has 0 aliphatic carbocycles. The lowest BCUT2D eigenvalue weighted by Crippen LogP contribution is -1.93. The Kier molecular flexibility index (Phi) is 1.78. The second-order valence-electron chi connectivity index (χ2n) is 2.91. The summed E-state index contributed by atoms with van der Waals surface area (Å²) >= 11 is 5.88. The number of nitrogens with two attached hydrogens (primary N) is 2. The van der Waals surface area contributed by atoms with Crippen molar-refractivity contribution >= 4 is 33.7 Å². The van der Waals surface area contributed by atoms with Crippen molar-refractivity contribution in [3.63, 3.8) is 0 Å². The molecule has 2 nitrogen and oxygen atoms in total. The molecule has 0 atom stereocenters. The number of nitrogen functional groups attached to an aromatic ring is 2. The van der Waals surface area contributed by atoms with Gasteiger partial charge in [0.25, 0.3) is 0 Å². The van der Waals surface area contributed by atoms with Crippen LogP contribution in [0, 0.1) is 0 Å². The fourth-order valence-electron chi connectivity index (χ4n) is 1.41. The van der Waals surface area contributed by atoms with E-state index < -0.39 is 0 Å². The van der Waals surface area contributed by atoms with Crippen molar-refractivity contribution < 1.29 is 0 Å². The van der Waals surface area contributed by atoms with Gasteiger partial charge in [0.15, 0.2) is 0 Å². The predicted molar refractivity (Wildman–Crippen MR) is 57.8 cm³/mol. The van der Waals surface area contributed by atoms with Crippen LogP contribution in [0.1, 0.15) is 0 Å². The molecule has 0 unspecified atom stereocenters. The lowest BCUT2D eigenvalue weighted by Gasteiger charge is -2.06. The van der Waals surface area contributed by atoms with Crippen molar-refractivity contribution in [3.05, 3.63) is 35.4 Å². The maximum atomic E-state index is 5.88. The first kappa shape index (κ1) is 8.20. The van der Waals surface area contributed by atoms with Crippen molar-refractivity contribution in [2.24, 2.45) is 0 Å². The zero-order valence-electron chi connectivity index (χ0n) is 6.92. The molecule has 66 valence electrons. The molecule has 0 amide bonds. The van der Waals surface area contributed by atoms with E-state index in [9.17, 15) is 0 Å². The Bertz CT molecular complexity index is 466. The quantitative estimate of drug-likeness (QED) is 0.631. The molecule has 0 aliphatic heterocycles. The van der Waals surface area contributed by atoms with E-state index >= 15 is 0 Å².